The van der Waals surface area contributed by atoms with Gasteiger partial charge in [-0.15, -0.1) is 0 Å². The van der Waals surface area contributed by atoms with Crippen molar-refractivity contribution in [3.63, 3.8) is 0 Å². The summed E-state index contributed by atoms with van der Waals surface area (Å²) in [6.45, 7) is 2.76. The lowest BCUT2D eigenvalue weighted by Gasteiger charge is -2.31. The standard InChI is InChI=1S/C18H24N2O3S/c1-2-24(22,23)13-7-9-20(10-8-13)18(21)19-17-15-11-12-5-3-4-6-14(12)16(15)17/h3-6,13,15-17H,2,7-11H2,1H3,(H,19,21)/t15-,16-,17-/m1/s1. The molecule has 130 valence electrons. The zero-order valence-corrected chi connectivity index (χ0v) is 14.8. The number of likely N-dealkylation sites (tertiary alicyclic amines) is 1. The predicted octanol–water partition coefficient (Wildman–Crippen LogP) is 1.93. The molecule has 2 aliphatic carbocycles. The summed E-state index contributed by atoms with van der Waals surface area (Å²) in [6.07, 6.45) is 2.18. The molecule has 2 amide bonds. The van der Waals surface area contributed by atoms with Gasteiger partial charge in [-0.3, -0.25) is 0 Å². The molecule has 1 heterocycles. The monoisotopic (exact) mass is 348 g/mol. The van der Waals surface area contributed by atoms with Gasteiger partial charge in [0, 0.05) is 30.8 Å². The summed E-state index contributed by atoms with van der Waals surface area (Å²) in [7, 11) is -2.99. The number of carbonyl (C=O) groups excluding carboxylic acids is 1. The van der Waals surface area contributed by atoms with E-state index in [0.29, 0.717) is 37.8 Å². The first-order chi connectivity index (χ1) is 11.5. The van der Waals surface area contributed by atoms with Gasteiger partial charge in [-0.05, 0) is 36.3 Å². The van der Waals surface area contributed by atoms with Gasteiger partial charge in [0.25, 0.3) is 0 Å². The van der Waals surface area contributed by atoms with Crippen molar-refractivity contribution < 1.29 is 13.2 Å². The molecule has 3 atom stereocenters. The van der Waals surface area contributed by atoms with E-state index in [9.17, 15) is 13.2 Å². The third-order valence-electron chi connectivity index (χ3n) is 5.97. The van der Waals surface area contributed by atoms with Crippen LogP contribution in [-0.2, 0) is 16.3 Å². The summed E-state index contributed by atoms with van der Waals surface area (Å²) in [4.78, 5) is 14.3. The van der Waals surface area contributed by atoms with Crippen molar-refractivity contribution in [1.82, 2.24) is 10.2 Å². The fraction of sp³-hybridized carbons (Fsp3) is 0.611. The van der Waals surface area contributed by atoms with Crippen molar-refractivity contribution in [2.75, 3.05) is 18.8 Å². The van der Waals surface area contributed by atoms with E-state index in [1.54, 1.807) is 11.8 Å². The van der Waals surface area contributed by atoms with Crippen molar-refractivity contribution >= 4 is 15.9 Å². The zero-order chi connectivity index (χ0) is 16.9. The molecule has 1 aromatic carbocycles. The summed E-state index contributed by atoms with van der Waals surface area (Å²) >= 11 is 0. The fourth-order valence-corrected chi connectivity index (χ4v) is 5.84. The van der Waals surface area contributed by atoms with E-state index in [1.807, 2.05) is 0 Å². The van der Waals surface area contributed by atoms with Gasteiger partial charge in [0.1, 0.15) is 0 Å². The average Bonchev–Trinajstić information content (AvgIpc) is 3.11. The maximum atomic E-state index is 12.5. The van der Waals surface area contributed by atoms with Crippen LogP contribution in [0.15, 0.2) is 24.3 Å². The molecular weight excluding hydrogens is 324 g/mol. The molecule has 6 heteroatoms. The molecule has 0 bridgehead atoms. The van der Waals surface area contributed by atoms with E-state index in [2.05, 4.69) is 29.6 Å². The largest absolute Gasteiger partial charge is 0.334 e. The van der Waals surface area contributed by atoms with Gasteiger partial charge in [0.2, 0.25) is 0 Å². The number of sulfone groups is 1. The minimum Gasteiger partial charge on any atom is -0.334 e. The van der Waals surface area contributed by atoms with Crippen LogP contribution in [0.1, 0.15) is 36.8 Å². The van der Waals surface area contributed by atoms with Gasteiger partial charge in [-0.1, -0.05) is 31.2 Å². The topological polar surface area (TPSA) is 66.5 Å². The highest BCUT2D eigenvalue weighted by atomic mass is 32.2. The molecule has 0 aromatic heterocycles. The molecule has 1 saturated carbocycles. The first-order valence-corrected chi connectivity index (χ1v) is 10.6. The van der Waals surface area contributed by atoms with Crippen molar-refractivity contribution in [3.05, 3.63) is 35.4 Å². The number of rotatable bonds is 3. The third-order valence-corrected chi connectivity index (χ3v) is 8.26. The lowest BCUT2D eigenvalue weighted by molar-refractivity contribution is 0.185. The number of hydrogen-bond acceptors (Lipinski definition) is 3. The Morgan fingerprint density at radius 1 is 1.25 bits per heavy atom. The second kappa shape index (κ2) is 5.76. The van der Waals surface area contributed by atoms with Crippen LogP contribution in [0.3, 0.4) is 0 Å². The molecule has 2 fully saturated rings. The molecule has 1 aliphatic heterocycles. The Labute approximate surface area is 143 Å². The van der Waals surface area contributed by atoms with Crippen LogP contribution >= 0.6 is 0 Å². The van der Waals surface area contributed by atoms with E-state index in [0.717, 1.165) is 6.42 Å². The van der Waals surface area contributed by atoms with Gasteiger partial charge in [-0.2, -0.15) is 0 Å². The average molecular weight is 348 g/mol. The maximum Gasteiger partial charge on any atom is 0.317 e. The van der Waals surface area contributed by atoms with Crippen LogP contribution in [0, 0.1) is 5.92 Å². The molecule has 5 nitrogen and oxygen atoms in total. The Morgan fingerprint density at radius 3 is 2.67 bits per heavy atom. The van der Waals surface area contributed by atoms with Gasteiger partial charge >= 0.3 is 6.03 Å². The van der Waals surface area contributed by atoms with Crippen molar-refractivity contribution in [2.45, 2.75) is 43.4 Å². The molecule has 4 rings (SSSR count). The SMILES string of the molecule is CCS(=O)(=O)C1CCN(C(=O)N[C@@H]2[C@@H]3Cc4ccccc4[C@H]32)CC1. The van der Waals surface area contributed by atoms with Crippen LogP contribution < -0.4 is 5.32 Å². The van der Waals surface area contributed by atoms with E-state index < -0.39 is 9.84 Å². The molecular formula is C18H24N2O3S. The van der Waals surface area contributed by atoms with Crippen LogP contribution in [0.2, 0.25) is 0 Å². The molecule has 0 unspecified atom stereocenters. The third kappa shape index (κ3) is 2.61. The second-order valence-corrected chi connectivity index (χ2v) is 9.78. The molecule has 0 spiro atoms. The summed E-state index contributed by atoms with van der Waals surface area (Å²) < 4.78 is 23.9. The number of hydrogen-bond donors (Lipinski definition) is 1. The lowest BCUT2D eigenvalue weighted by atomic mass is 10.1. The van der Waals surface area contributed by atoms with Crippen molar-refractivity contribution in [2.24, 2.45) is 5.92 Å². The Balaban J connectivity index is 1.32. The smallest absolute Gasteiger partial charge is 0.317 e. The molecule has 24 heavy (non-hydrogen) atoms. The quantitative estimate of drug-likeness (QED) is 0.908. The number of fused-ring (bicyclic) bond motifs is 3. The Kier molecular flexibility index (Phi) is 3.82. The Morgan fingerprint density at radius 2 is 1.96 bits per heavy atom. The zero-order valence-electron chi connectivity index (χ0n) is 13.9. The fourth-order valence-electron chi connectivity index (χ4n) is 4.44. The van der Waals surface area contributed by atoms with Gasteiger partial charge in [-0.25, -0.2) is 13.2 Å². The molecule has 0 radical (unpaired) electrons. The molecule has 1 aromatic rings. The Bertz CT molecular complexity index is 753. The predicted molar refractivity (Wildman–Crippen MR) is 92.8 cm³/mol. The van der Waals surface area contributed by atoms with Gasteiger partial charge < -0.3 is 10.2 Å². The van der Waals surface area contributed by atoms with Crippen LogP contribution in [0.25, 0.3) is 0 Å². The molecule has 1 N–H and O–H groups in total. The van der Waals surface area contributed by atoms with E-state index in [4.69, 9.17) is 0 Å². The van der Waals surface area contributed by atoms with E-state index in [1.165, 1.54) is 11.1 Å². The number of urea groups is 1. The van der Waals surface area contributed by atoms with Crippen molar-refractivity contribution in [1.29, 1.82) is 0 Å². The van der Waals surface area contributed by atoms with Crippen molar-refractivity contribution in [3.8, 4) is 0 Å². The number of carbonyl (C=O) groups is 1. The number of nitrogens with one attached hydrogen (secondary N) is 1. The highest BCUT2D eigenvalue weighted by Crippen LogP contribution is 2.56. The van der Waals surface area contributed by atoms with Gasteiger partial charge in [0.05, 0.1) is 5.25 Å². The Hall–Kier alpha value is -1.56. The summed E-state index contributed by atoms with van der Waals surface area (Å²) in [5, 5.41) is 2.89. The maximum absolute atomic E-state index is 12.5. The first-order valence-electron chi connectivity index (χ1n) is 8.86. The number of benzene rings is 1. The van der Waals surface area contributed by atoms with Gasteiger partial charge in [0.15, 0.2) is 9.84 Å². The van der Waals surface area contributed by atoms with Crippen LogP contribution in [-0.4, -0.2) is 49.5 Å². The highest BCUT2D eigenvalue weighted by Gasteiger charge is 2.56. The first kappa shape index (κ1) is 15.9. The highest BCUT2D eigenvalue weighted by molar-refractivity contribution is 7.92. The number of nitrogens with zero attached hydrogens (tertiary/aromatic N) is 1. The molecule has 1 saturated heterocycles. The summed E-state index contributed by atoms with van der Waals surface area (Å²) in [5.41, 5.74) is 2.81. The molecule has 3 aliphatic rings. The van der Waals surface area contributed by atoms with E-state index in [-0.39, 0.29) is 23.1 Å². The number of piperidine rings is 1. The summed E-state index contributed by atoms with van der Waals surface area (Å²) in [6, 6.07) is 8.72. The van der Waals surface area contributed by atoms with Crippen LogP contribution in [0.5, 0.6) is 0 Å². The number of amides is 2. The van der Waals surface area contributed by atoms with E-state index >= 15 is 0 Å². The minimum atomic E-state index is -2.99. The second-order valence-electron chi connectivity index (χ2n) is 7.21. The lowest BCUT2D eigenvalue weighted by Crippen LogP contribution is -2.48. The summed E-state index contributed by atoms with van der Waals surface area (Å²) in [5.74, 6) is 1.21. The minimum absolute atomic E-state index is 0.0285. The normalized spacial score (nSPS) is 29.0. The van der Waals surface area contributed by atoms with Crippen LogP contribution in [0.4, 0.5) is 4.79 Å².